The van der Waals surface area contributed by atoms with Crippen LogP contribution in [0.25, 0.3) is 0 Å². The minimum Gasteiger partial charge on any atom is -0.391 e. The first-order chi connectivity index (χ1) is 11.7. The molecule has 0 aromatic heterocycles. The molecule has 1 aromatic rings. The van der Waals surface area contributed by atoms with Crippen molar-refractivity contribution in [3.63, 3.8) is 0 Å². The van der Waals surface area contributed by atoms with Gasteiger partial charge in [0.1, 0.15) is 0 Å². The van der Waals surface area contributed by atoms with E-state index >= 15 is 0 Å². The summed E-state index contributed by atoms with van der Waals surface area (Å²) in [5, 5.41) is 10.3. The Hall–Kier alpha value is -1.60. The molecule has 1 aromatic carbocycles. The molecule has 1 saturated carbocycles. The Morgan fingerprint density at radius 3 is 2.20 bits per heavy atom. The lowest BCUT2D eigenvalue weighted by atomic mass is 9.77. The van der Waals surface area contributed by atoms with Crippen molar-refractivity contribution in [3.05, 3.63) is 35.4 Å². The molecule has 7 heteroatoms. The number of amides is 1. The number of aliphatic hydroxyl groups excluding tert-OH is 1. The maximum absolute atomic E-state index is 12.6. The molecule has 1 heterocycles. The van der Waals surface area contributed by atoms with E-state index < -0.39 is 17.8 Å². The Morgan fingerprint density at radius 2 is 1.68 bits per heavy atom. The Bertz CT molecular complexity index is 630. The van der Waals surface area contributed by atoms with Gasteiger partial charge in [0.15, 0.2) is 0 Å². The third-order valence-corrected chi connectivity index (χ3v) is 5.52. The number of fused-ring (bicyclic) bond motifs is 1. The molecule has 1 amide bonds. The molecule has 1 aliphatic heterocycles. The molecular weight excluding hydrogens is 333 g/mol. The van der Waals surface area contributed by atoms with Crippen LogP contribution in [0.1, 0.15) is 28.8 Å². The molecule has 0 bridgehead atoms. The second-order valence-electron chi connectivity index (χ2n) is 7.38. The number of hydrogen-bond donors (Lipinski definition) is 1. The van der Waals surface area contributed by atoms with Crippen molar-refractivity contribution in [3.8, 4) is 0 Å². The van der Waals surface area contributed by atoms with Gasteiger partial charge in [-0.1, -0.05) is 0 Å². The smallest absolute Gasteiger partial charge is 0.391 e. The van der Waals surface area contributed by atoms with Gasteiger partial charge in [0.25, 0.3) is 5.91 Å². The molecule has 1 aliphatic carbocycles. The first-order valence-corrected chi connectivity index (χ1v) is 8.48. The number of nitrogens with zero attached hydrogens (tertiary/aromatic N) is 2. The quantitative estimate of drug-likeness (QED) is 0.885. The molecule has 2 fully saturated rings. The molecule has 0 unspecified atom stereocenters. The summed E-state index contributed by atoms with van der Waals surface area (Å²) in [5.41, 5.74) is -0.479. The molecule has 0 radical (unpaired) electrons. The second kappa shape index (κ2) is 6.61. The van der Waals surface area contributed by atoms with Gasteiger partial charge in [-0.05, 0) is 63.0 Å². The van der Waals surface area contributed by atoms with Gasteiger partial charge in [0, 0.05) is 24.7 Å². The zero-order valence-corrected chi connectivity index (χ0v) is 14.3. The van der Waals surface area contributed by atoms with Gasteiger partial charge in [-0.15, -0.1) is 0 Å². The Balaban J connectivity index is 1.69. The number of aliphatic hydroxyl groups is 1. The van der Waals surface area contributed by atoms with Crippen LogP contribution in [0.2, 0.25) is 0 Å². The highest BCUT2D eigenvalue weighted by Gasteiger charge is 2.43. The molecule has 4 atom stereocenters. The normalized spacial score (nSPS) is 29.8. The summed E-state index contributed by atoms with van der Waals surface area (Å²) in [6.45, 7) is 1.16. The van der Waals surface area contributed by atoms with Gasteiger partial charge in [0.2, 0.25) is 0 Å². The first kappa shape index (κ1) is 18.2. The highest BCUT2D eigenvalue weighted by molar-refractivity contribution is 5.94. The summed E-state index contributed by atoms with van der Waals surface area (Å²) >= 11 is 0. The standard InChI is InChI=1S/C18H23F3N2O2/c1-22(2)15-7-12-9-23(10-13(12)8-16(15)24)17(25)11-3-5-14(6-4-11)18(19,20)21/h3-6,12-13,15-16,24H,7-10H2,1-2H3/t12-,13+,15-,16-/m1/s1. The van der Waals surface area contributed by atoms with E-state index in [2.05, 4.69) is 0 Å². The lowest BCUT2D eigenvalue weighted by Crippen LogP contribution is -2.46. The van der Waals surface area contributed by atoms with E-state index in [0.29, 0.717) is 25.4 Å². The summed E-state index contributed by atoms with van der Waals surface area (Å²) in [6, 6.07) is 4.46. The predicted octanol–water partition coefficient (Wildman–Crippen LogP) is 2.48. The van der Waals surface area contributed by atoms with E-state index in [0.717, 1.165) is 18.6 Å². The fraction of sp³-hybridized carbons (Fsp3) is 0.611. The number of likely N-dealkylation sites (N-methyl/N-ethyl adjacent to an activating group) is 1. The van der Waals surface area contributed by atoms with Crippen LogP contribution in [0.5, 0.6) is 0 Å². The van der Waals surface area contributed by atoms with Crippen LogP contribution in [0.3, 0.4) is 0 Å². The van der Waals surface area contributed by atoms with Gasteiger partial charge in [-0.2, -0.15) is 13.2 Å². The predicted molar refractivity (Wildman–Crippen MR) is 87.0 cm³/mol. The van der Waals surface area contributed by atoms with Gasteiger partial charge in [-0.25, -0.2) is 0 Å². The summed E-state index contributed by atoms with van der Waals surface area (Å²) in [6.07, 6.45) is -3.32. The van der Waals surface area contributed by atoms with Crippen LogP contribution in [0, 0.1) is 11.8 Å². The molecule has 138 valence electrons. The molecule has 4 nitrogen and oxygen atoms in total. The average Bonchev–Trinajstić information content (AvgIpc) is 2.95. The number of hydrogen-bond acceptors (Lipinski definition) is 3. The SMILES string of the molecule is CN(C)[C@@H]1C[C@@H]2CN(C(=O)c3ccc(C(F)(F)F)cc3)C[C@@H]2C[C@H]1O. The minimum absolute atomic E-state index is 0.0855. The Morgan fingerprint density at radius 1 is 1.12 bits per heavy atom. The van der Waals surface area contributed by atoms with E-state index in [1.807, 2.05) is 19.0 Å². The van der Waals surface area contributed by atoms with Crippen molar-refractivity contribution >= 4 is 5.91 Å². The van der Waals surface area contributed by atoms with Gasteiger partial charge in [0.05, 0.1) is 11.7 Å². The van der Waals surface area contributed by atoms with Crippen LogP contribution in [0.4, 0.5) is 13.2 Å². The highest BCUT2D eigenvalue weighted by Crippen LogP contribution is 2.38. The van der Waals surface area contributed by atoms with Crippen molar-refractivity contribution in [2.75, 3.05) is 27.2 Å². The third-order valence-electron chi connectivity index (χ3n) is 5.52. The minimum atomic E-state index is -4.40. The van der Waals surface area contributed by atoms with Crippen LogP contribution >= 0.6 is 0 Å². The number of rotatable bonds is 2. The molecule has 1 N–H and O–H groups in total. The molecular formula is C18H23F3N2O2. The van der Waals surface area contributed by atoms with Crippen molar-refractivity contribution in [1.29, 1.82) is 0 Å². The summed E-state index contributed by atoms with van der Waals surface area (Å²) in [5.74, 6) is 0.345. The second-order valence-corrected chi connectivity index (χ2v) is 7.38. The number of carbonyl (C=O) groups is 1. The number of likely N-dealkylation sites (tertiary alicyclic amines) is 1. The van der Waals surface area contributed by atoms with Crippen molar-refractivity contribution in [1.82, 2.24) is 9.80 Å². The Labute approximate surface area is 145 Å². The third kappa shape index (κ3) is 3.67. The van der Waals surface area contributed by atoms with E-state index in [-0.39, 0.29) is 23.4 Å². The van der Waals surface area contributed by atoms with Crippen LogP contribution in [-0.4, -0.2) is 60.1 Å². The molecule has 0 spiro atoms. The van der Waals surface area contributed by atoms with Crippen LogP contribution in [0.15, 0.2) is 24.3 Å². The number of halogens is 3. The first-order valence-electron chi connectivity index (χ1n) is 8.48. The number of carbonyl (C=O) groups excluding carboxylic acids is 1. The van der Waals surface area contributed by atoms with Crippen LogP contribution < -0.4 is 0 Å². The van der Waals surface area contributed by atoms with Gasteiger partial charge < -0.3 is 14.9 Å². The van der Waals surface area contributed by atoms with Crippen molar-refractivity contribution in [2.24, 2.45) is 11.8 Å². The number of benzene rings is 1. The molecule has 3 rings (SSSR count). The van der Waals surface area contributed by atoms with Gasteiger partial charge in [-0.3, -0.25) is 4.79 Å². The van der Waals surface area contributed by atoms with Crippen molar-refractivity contribution < 1.29 is 23.1 Å². The van der Waals surface area contributed by atoms with E-state index in [1.54, 1.807) is 4.90 Å². The highest BCUT2D eigenvalue weighted by atomic mass is 19.4. The lowest BCUT2D eigenvalue weighted by molar-refractivity contribution is -0.137. The topological polar surface area (TPSA) is 43.8 Å². The lowest BCUT2D eigenvalue weighted by Gasteiger charge is -2.38. The summed E-state index contributed by atoms with van der Waals surface area (Å²) in [4.78, 5) is 16.3. The monoisotopic (exact) mass is 356 g/mol. The van der Waals surface area contributed by atoms with Crippen LogP contribution in [-0.2, 0) is 6.18 Å². The average molecular weight is 356 g/mol. The van der Waals surface area contributed by atoms with E-state index in [4.69, 9.17) is 0 Å². The van der Waals surface area contributed by atoms with E-state index in [9.17, 15) is 23.1 Å². The zero-order chi connectivity index (χ0) is 18.4. The zero-order valence-electron chi connectivity index (χ0n) is 14.3. The fourth-order valence-corrected chi connectivity index (χ4v) is 4.11. The fourth-order valence-electron chi connectivity index (χ4n) is 4.11. The molecule has 25 heavy (non-hydrogen) atoms. The van der Waals surface area contributed by atoms with Gasteiger partial charge >= 0.3 is 6.18 Å². The Kier molecular flexibility index (Phi) is 4.81. The molecule has 2 aliphatic rings. The number of alkyl halides is 3. The van der Waals surface area contributed by atoms with Crippen molar-refractivity contribution in [2.45, 2.75) is 31.2 Å². The molecule has 1 saturated heterocycles. The maximum atomic E-state index is 12.6. The summed E-state index contributed by atoms with van der Waals surface area (Å²) in [7, 11) is 3.88. The maximum Gasteiger partial charge on any atom is 0.416 e. The largest absolute Gasteiger partial charge is 0.416 e. The van der Waals surface area contributed by atoms with E-state index in [1.165, 1.54) is 12.1 Å². The summed E-state index contributed by atoms with van der Waals surface area (Å²) < 4.78 is 37.9.